The van der Waals surface area contributed by atoms with Crippen molar-refractivity contribution in [2.24, 2.45) is 0 Å². The van der Waals surface area contributed by atoms with Gasteiger partial charge in [0.15, 0.2) is 0 Å². The van der Waals surface area contributed by atoms with E-state index in [-0.39, 0.29) is 23.7 Å². The van der Waals surface area contributed by atoms with E-state index in [9.17, 15) is 9.59 Å². The van der Waals surface area contributed by atoms with Crippen molar-refractivity contribution in [3.05, 3.63) is 0 Å². The van der Waals surface area contributed by atoms with Crippen LogP contribution in [0.15, 0.2) is 0 Å². The first-order valence-electron chi connectivity index (χ1n) is 5.70. The Bertz CT molecular complexity index is 264. The number of hydrogen-bond donors (Lipinski definition) is 1. The number of hydrogen-bond acceptors (Lipinski definition) is 3. The molecule has 1 fully saturated rings. The third kappa shape index (κ3) is 3.40. The van der Waals surface area contributed by atoms with Crippen molar-refractivity contribution in [1.82, 2.24) is 4.90 Å². The third-order valence-electron chi connectivity index (χ3n) is 2.92. The van der Waals surface area contributed by atoms with Crippen molar-refractivity contribution in [2.45, 2.75) is 44.4 Å². The minimum absolute atomic E-state index is 0.000694. The van der Waals surface area contributed by atoms with Crippen LogP contribution in [0.4, 0.5) is 0 Å². The fourth-order valence-electron chi connectivity index (χ4n) is 1.77. The Morgan fingerprint density at radius 3 is 2.69 bits per heavy atom. The molecule has 1 aliphatic rings. The second-order valence-corrected chi connectivity index (χ2v) is 5.43. The third-order valence-corrected chi connectivity index (χ3v) is 4.28. The van der Waals surface area contributed by atoms with E-state index in [4.69, 9.17) is 5.11 Å². The van der Waals surface area contributed by atoms with E-state index < -0.39 is 5.97 Å². The smallest absolute Gasteiger partial charge is 0.323 e. The van der Waals surface area contributed by atoms with Crippen LogP contribution < -0.4 is 0 Å². The Morgan fingerprint density at radius 2 is 2.25 bits per heavy atom. The van der Waals surface area contributed by atoms with Gasteiger partial charge in [0.1, 0.15) is 6.54 Å². The molecule has 92 valence electrons. The molecule has 1 N–H and O–H groups in total. The van der Waals surface area contributed by atoms with Gasteiger partial charge in [-0.25, -0.2) is 0 Å². The van der Waals surface area contributed by atoms with Gasteiger partial charge in [-0.2, -0.15) is 0 Å². The van der Waals surface area contributed by atoms with Gasteiger partial charge in [-0.05, 0) is 31.9 Å². The lowest BCUT2D eigenvalue weighted by molar-refractivity contribution is -0.145. The quantitative estimate of drug-likeness (QED) is 0.799. The van der Waals surface area contributed by atoms with Crippen molar-refractivity contribution >= 4 is 23.6 Å². The van der Waals surface area contributed by atoms with E-state index in [0.717, 1.165) is 25.0 Å². The zero-order valence-electron chi connectivity index (χ0n) is 9.81. The van der Waals surface area contributed by atoms with E-state index in [0.29, 0.717) is 0 Å². The monoisotopic (exact) mass is 245 g/mol. The largest absolute Gasteiger partial charge is 0.480 e. The first-order chi connectivity index (χ1) is 7.56. The molecule has 1 rings (SSSR count). The molecule has 1 aliphatic heterocycles. The Kier molecular flexibility index (Phi) is 5.12. The summed E-state index contributed by atoms with van der Waals surface area (Å²) in [5.41, 5.74) is 0. The van der Waals surface area contributed by atoms with Crippen LogP contribution in [0.3, 0.4) is 0 Å². The minimum atomic E-state index is -0.934. The molecule has 0 aromatic rings. The van der Waals surface area contributed by atoms with Crippen LogP contribution in [-0.4, -0.2) is 45.5 Å². The lowest BCUT2D eigenvalue weighted by Gasteiger charge is -2.29. The Balaban J connectivity index is 2.66. The Morgan fingerprint density at radius 1 is 1.56 bits per heavy atom. The molecule has 0 aromatic carbocycles. The number of carbonyl (C=O) groups is 2. The van der Waals surface area contributed by atoms with E-state index in [2.05, 4.69) is 0 Å². The normalized spacial score (nSPS) is 21.8. The highest BCUT2D eigenvalue weighted by Gasteiger charge is 2.30. The molecule has 4 nitrogen and oxygen atoms in total. The highest BCUT2D eigenvalue weighted by molar-refractivity contribution is 8.00. The van der Waals surface area contributed by atoms with E-state index in [1.165, 1.54) is 4.90 Å². The molecule has 1 heterocycles. The number of carboxylic acid groups (broad SMARTS) is 1. The summed E-state index contributed by atoms with van der Waals surface area (Å²) in [7, 11) is 0. The minimum Gasteiger partial charge on any atom is -0.480 e. The maximum absolute atomic E-state index is 12.1. The van der Waals surface area contributed by atoms with Gasteiger partial charge in [-0.1, -0.05) is 6.92 Å². The summed E-state index contributed by atoms with van der Waals surface area (Å²) in [5, 5.41) is 8.80. The van der Waals surface area contributed by atoms with Crippen molar-refractivity contribution in [3.8, 4) is 0 Å². The van der Waals surface area contributed by atoms with Gasteiger partial charge in [0.25, 0.3) is 0 Å². The molecular weight excluding hydrogens is 226 g/mol. The van der Waals surface area contributed by atoms with Crippen LogP contribution in [-0.2, 0) is 9.59 Å². The first kappa shape index (κ1) is 13.4. The number of thioether (sulfide) groups is 1. The Hall–Kier alpha value is -0.710. The summed E-state index contributed by atoms with van der Waals surface area (Å²) in [4.78, 5) is 24.4. The highest BCUT2D eigenvalue weighted by atomic mass is 32.2. The first-order valence-corrected chi connectivity index (χ1v) is 6.75. The van der Waals surface area contributed by atoms with Crippen LogP contribution in [0.2, 0.25) is 0 Å². The number of carbonyl (C=O) groups excluding carboxylic acids is 1. The molecule has 0 aliphatic carbocycles. The standard InChI is InChI=1S/C11H19NO3S/c1-3-8(2)12(7-10(13)14)11(15)9-5-4-6-16-9/h8-9H,3-7H2,1-2H3,(H,13,14). The zero-order valence-corrected chi connectivity index (χ0v) is 10.6. The number of aliphatic carboxylic acids is 1. The number of rotatable bonds is 5. The lowest BCUT2D eigenvalue weighted by atomic mass is 10.1. The van der Waals surface area contributed by atoms with Crippen LogP contribution >= 0.6 is 11.8 Å². The fraction of sp³-hybridized carbons (Fsp3) is 0.818. The van der Waals surface area contributed by atoms with Crippen molar-refractivity contribution < 1.29 is 14.7 Å². The maximum Gasteiger partial charge on any atom is 0.323 e. The molecule has 1 amide bonds. The van der Waals surface area contributed by atoms with Gasteiger partial charge in [0.05, 0.1) is 5.25 Å². The summed E-state index contributed by atoms with van der Waals surface area (Å²) in [6.07, 6.45) is 2.73. The van der Waals surface area contributed by atoms with Crippen LogP contribution in [0.1, 0.15) is 33.1 Å². The average Bonchev–Trinajstić information content (AvgIpc) is 2.77. The van der Waals surface area contributed by atoms with Gasteiger partial charge in [-0.3, -0.25) is 9.59 Å². The SMILES string of the molecule is CCC(C)N(CC(=O)O)C(=O)C1CCCS1. The number of nitrogens with zero attached hydrogens (tertiary/aromatic N) is 1. The average molecular weight is 245 g/mol. The summed E-state index contributed by atoms with van der Waals surface area (Å²) in [6, 6.07) is 0.00444. The predicted molar refractivity (Wildman–Crippen MR) is 64.6 cm³/mol. The molecule has 0 aromatic heterocycles. The molecule has 5 heteroatoms. The molecular formula is C11H19NO3S. The van der Waals surface area contributed by atoms with Crippen molar-refractivity contribution in [2.75, 3.05) is 12.3 Å². The second-order valence-electron chi connectivity index (χ2n) is 4.12. The zero-order chi connectivity index (χ0) is 12.1. The summed E-state index contributed by atoms with van der Waals surface area (Å²) < 4.78 is 0. The topological polar surface area (TPSA) is 57.6 Å². The van der Waals surface area contributed by atoms with Gasteiger partial charge in [0, 0.05) is 6.04 Å². The van der Waals surface area contributed by atoms with E-state index >= 15 is 0 Å². The molecule has 1 saturated heterocycles. The molecule has 0 radical (unpaired) electrons. The van der Waals surface area contributed by atoms with Crippen molar-refractivity contribution in [3.63, 3.8) is 0 Å². The fourth-order valence-corrected chi connectivity index (χ4v) is 3.00. The number of amides is 1. The Labute approximate surface area is 100 Å². The van der Waals surface area contributed by atoms with Crippen molar-refractivity contribution in [1.29, 1.82) is 0 Å². The maximum atomic E-state index is 12.1. The van der Waals surface area contributed by atoms with Gasteiger partial charge in [-0.15, -0.1) is 11.8 Å². The summed E-state index contributed by atoms with van der Waals surface area (Å²) in [5.74, 6) is 0.0774. The van der Waals surface area contributed by atoms with Gasteiger partial charge < -0.3 is 10.0 Å². The van der Waals surface area contributed by atoms with Crippen LogP contribution in [0.5, 0.6) is 0 Å². The molecule has 2 unspecified atom stereocenters. The second kappa shape index (κ2) is 6.13. The molecule has 0 spiro atoms. The summed E-state index contributed by atoms with van der Waals surface area (Å²) in [6.45, 7) is 3.69. The molecule has 16 heavy (non-hydrogen) atoms. The molecule has 0 bridgehead atoms. The van der Waals surface area contributed by atoms with E-state index in [1.807, 2.05) is 13.8 Å². The highest BCUT2D eigenvalue weighted by Crippen LogP contribution is 2.28. The van der Waals surface area contributed by atoms with E-state index in [1.54, 1.807) is 11.8 Å². The number of carboxylic acids is 1. The van der Waals surface area contributed by atoms with Gasteiger partial charge in [0.2, 0.25) is 5.91 Å². The predicted octanol–water partition coefficient (Wildman–Crippen LogP) is 1.59. The molecule has 0 saturated carbocycles. The molecule has 2 atom stereocenters. The summed E-state index contributed by atoms with van der Waals surface area (Å²) >= 11 is 1.65. The lowest BCUT2D eigenvalue weighted by Crippen LogP contribution is -2.45. The van der Waals surface area contributed by atoms with Crippen LogP contribution in [0, 0.1) is 0 Å². The van der Waals surface area contributed by atoms with Gasteiger partial charge >= 0.3 is 5.97 Å². The van der Waals surface area contributed by atoms with Crippen LogP contribution in [0.25, 0.3) is 0 Å².